The molecule has 0 amide bonds. The van der Waals surface area contributed by atoms with E-state index in [4.69, 9.17) is 17.4 Å². The Labute approximate surface area is 122 Å². The number of hydrazine groups is 1. The van der Waals surface area contributed by atoms with Gasteiger partial charge in [-0.3, -0.25) is 11.3 Å². The molecule has 1 aromatic carbocycles. The summed E-state index contributed by atoms with van der Waals surface area (Å²) in [5.41, 5.74) is 7.27. The Morgan fingerprint density at radius 2 is 2.05 bits per heavy atom. The van der Waals surface area contributed by atoms with Crippen molar-refractivity contribution in [2.75, 3.05) is 0 Å². The molecule has 1 unspecified atom stereocenters. The van der Waals surface area contributed by atoms with Gasteiger partial charge in [-0.25, -0.2) is 0 Å². The minimum Gasteiger partial charge on any atom is -0.271 e. The minimum atomic E-state index is 0.136. The Bertz CT molecular complexity index is 579. The first-order valence-electron chi connectivity index (χ1n) is 6.58. The van der Waals surface area contributed by atoms with Crippen LogP contribution in [0.5, 0.6) is 0 Å². The zero-order valence-electron chi connectivity index (χ0n) is 10.7. The third-order valence-electron chi connectivity index (χ3n) is 3.74. The smallest absolute Gasteiger partial charge is 0.0931 e. The monoisotopic (exact) mass is 292 g/mol. The molecule has 1 atom stereocenters. The Balaban J connectivity index is 1.79. The van der Waals surface area contributed by atoms with Crippen LogP contribution in [0.2, 0.25) is 4.34 Å². The molecule has 0 fully saturated rings. The zero-order chi connectivity index (χ0) is 13.2. The summed E-state index contributed by atoms with van der Waals surface area (Å²) in [5.74, 6) is 5.69. The molecule has 1 aliphatic rings. The van der Waals surface area contributed by atoms with Crippen LogP contribution in [0.15, 0.2) is 30.3 Å². The van der Waals surface area contributed by atoms with E-state index >= 15 is 0 Å². The quantitative estimate of drug-likeness (QED) is 0.667. The maximum absolute atomic E-state index is 5.99. The molecule has 2 aromatic rings. The van der Waals surface area contributed by atoms with Crippen LogP contribution in [0.4, 0.5) is 0 Å². The number of nitrogens with two attached hydrogens (primary N) is 1. The van der Waals surface area contributed by atoms with Crippen LogP contribution in [0, 0.1) is 0 Å². The molecule has 0 radical (unpaired) electrons. The largest absolute Gasteiger partial charge is 0.271 e. The van der Waals surface area contributed by atoms with E-state index in [2.05, 4.69) is 23.6 Å². The third-order valence-corrected chi connectivity index (χ3v) is 5.09. The van der Waals surface area contributed by atoms with Gasteiger partial charge in [-0.15, -0.1) is 11.3 Å². The lowest BCUT2D eigenvalue weighted by Crippen LogP contribution is -2.28. The van der Waals surface area contributed by atoms with E-state index in [-0.39, 0.29) is 6.04 Å². The molecular formula is C15H17ClN2S. The zero-order valence-corrected chi connectivity index (χ0v) is 12.2. The highest BCUT2D eigenvalue weighted by atomic mass is 35.5. The van der Waals surface area contributed by atoms with Gasteiger partial charge >= 0.3 is 0 Å². The van der Waals surface area contributed by atoms with Gasteiger partial charge in [0.1, 0.15) is 0 Å². The topological polar surface area (TPSA) is 38.0 Å². The van der Waals surface area contributed by atoms with E-state index in [0.717, 1.165) is 10.8 Å². The highest BCUT2D eigenvalue weighted by Crippen LogP contribution is 2.30. The highest BCUT2D eigenvalue weighted by molar-refractivity contribution is 7.16. The molecule has 0 saturated carbocycles. The van der Waals surface area contributed by atoms with Gasteiger partial charge in [-0.1, -0.05) is 29.8 Å². The standard InChI is InChI=1S/C15H17ClN2S/c16-15-7-6-14(19-15)13(18-17)9-10-4-5-11-2-1-3-12(11)8-10/h4-8,13,18H,1-3,9,17H2. The lowest BCUT2D eigenvalue weighted by atomic mass is 10.0. The third kappa shape index (κ3) is 2.84. The average Bonchev–Trinajstić information content (AvgIpc) is 3.04. The van der Waals surface area contributed by atoms with E-state index < -0.39 is 0 Å². The van der Waals surface area contributed by atoms with E-state index in [0.29, 0.717) is 0 Å². The van der Waals surface area contributed by atoms with Gasteiger partial charge < -0.3 is 0 Å². The van der Waals surface area contributed by atoms with Crippen LogP contribution >= 0.6 is 22.9 Å². The van der Waals surface area contributed by atoms with Gasteiger partial charge in [0.2, 0.25) is 0 Å². The summed E-state index contributed by atoms with van der Waals surface area (Å²) < 4.78 is 0.809. The molecule has 2 nitrogen and oxygen atoms in total. The second kappa shape index (κ2) is 5.63. The Kier molecular flexibility index (Phi) is 3.89. The number of fused-ring (bicyclic) bond motifs is 1. The summed E-state index contributed by atoms with van der Waals surface area (Å²) in [4.78, 5) is 1.19. The van der Waals surface area contributed by atoms with Gasteiger partial charge in [-0.2, -0.15) is 0 Å². The fraction of sp³-hybridized carbons (Fsp3) is 0.333. The SMILES string of the molecule is NNC(Cc1ccc2c(c1)CCC2)c1ccc(Cl)s1. The van der Waals surface area contributed by atoms with Gasteiger partial charge in [-0.05, 0) is 54.5 Å². The van der Waals surface area contributed by atoms with Crippen molar-refractivity contribution in [3.05, 3.63) is 56.2 Å². The van der Waals surface area contributed by atoms with Crippen molar-refractivity contribution in [3.8, 4) is 0 Å². The molecule has 19 heavy (non-hydrogen) atoms. The lowest BCUT2D eigenvalue weighted by molar-refractivity contribution is 0.560. The van der Waals surface area contributed by atoms with Gasteiger partial charge in [0.05, 0.1) is 10.4 Å². The van der Waals surface area contributed by atoms with Crippen LogP contribution in [-0.2, 0) is 19.3 Å². The van der Waals surface area contributed by atoms with E-state index in [1.54, 1.807) is 11.3 Å². The first-order valence-corrected chi connectivity index (χ1v) is 7.78. The normalized spacial score (nSPS) is 15.5. The average molecular weight is 293 g/mol. The highest BCUT2D eigenvalue weighted by Gasteiger charge is 2.15. The van der Waals surface area contributed by atoms with Crippen molar-refractivity contribution in [1.29, 1.82) is 0 Å². The minimum absolute atomic E-state index is 0.136. The molecular weight excluding hydrogens is 276 g/mol. The number of benzene rings is 1. The lowest BCUT2D eigenvalue weighted by Gasteiger charge is -2.15. The van der Waals surface area contributed by atoms with E-state index in [1.807, 2.05) is 12.1 Å². The molecule has 0 bridgehead atoms. The molecule has 1 aromatic heterocycles. The predicted octanol–water partition coefficient (Wildman–Crippen LogP) is 3.64. The van der Waals surface area contributed by atoms with Crippen molar-refractivity contribution in [2.24, 2.45) is 5.84 Å². The summed E-state index contributed by atoms with van der Waals surface area (Å²) in [5, 5.41) is 0. The maximum atomic E-state index is 5.99. The summed E-state index contributed by atoms with van der Waals surface area (Å²) in [7, 11) is 0. The van der Waals surface area contributed by atoms with Crippen molar-refractivity contribution < 1.29 is 0 Å². The summed E-state index contributed by atoms with van der Waals surface area (Å²) in [6.07, 6.45) is 4.64. The predicted molar refractivity (Wildman–Crippen MR) is 81.6 cm³/mol. The van der Waals surface area contributed by atoms with Gasteiger partial charge in [0, 0.05) is 4.88 Å². The first kappa shape index (κ1) is 13.1. The van der Waals surface area contributed by atoms with Crippen LogP contribution in [0.1, 0.15) is 34.0 Å². The van der Waals surface area contributed by atoms with E-state index in [1.165, 1.54) is 40.8 Å². The van der Waals surface area contributed by atoms with Crippen LogP contribution in [-0.4, -0.2) is 0 Å². The molecule has 4 heteroatoms. The van der Waals surface area contributed by atoms with Crippen molar-refractivity contribution in [2.45, 2.75) is 31.7 Å². The number of hydrogen-bond acceptors (Lipinski definition) is 3. The van der Waals surface area contributed by atoms with Crippen LogP contribution in [0.3, 0.4) is 0 Å². The Morgan fingerprint density at radius 1 is 1.21 bits per heavy atom. The van der Waals surface area contributed by atoms with Crippen molar-refractivity contribution >= 4 is 22.9 Å². The first-order chi connectivity index (χ1) is 9.26. The molecule has 0 spiro atoms. The maximum Gasteiger partial charge on any atom is 0.0931 e. The fourth-order valence-corrected chi connectivity index (χ4v) is 3.87. The number of thiophene rings is 1. The molecule has 0 saturated heterocycles. The molecule has 3 N–H and O–H groups in total. The summed E-state index contributed by atoms with van der Waals surface area (Å²) >= 11 is 7.58. The second-order valence-corrected chi connectivity index (χ2v) is 6.77. The summed E-state index contributed by atoms with van der Waals surface area (Å²) in [6, 6.07) is 10.9. The van der Waals surface area contributed by atoms with Gasteiger partial charge in [0.15, 0.2) is 0 Å². The second-order valence-electron chi connectivity index (χ2n) is 5.02. The number of hydrogen-bond donors (Lipinski definition) is 2. The van der Waals surface area contributed by atoms with Crippen molar-refractivity contribution in [1.82, 2.24) is 5.43 Å². The number of nitrogens with one attached hydrogen (secondary N) is 1. The Hall–Kier alpha value is -0.870. The molecule has 100 valence electrons. The van der Waals surface area contributed by atoms with Crippen LogP contribution < -0.4 is 11.3 Å². The molecule has 3 rings (SSSR count). The fourth-order valence-electron chi connectivity index (χ4n) is 2.75. The molecule has 1 aliphatic carbocycles. The number of halogens is 1. The number of aryl methyl sites for hydroxylation is 2. The molecule has 0 aliphatic heterocycles. The van der Waals surface area contributed by atoms with Crippen LogP contribution in [0.25, 0.3) is 0 Å². The number of rotatable bonds is 4. The van der Waals surface area contributed by atoms with E-state index in [9.17, 15) is 0 Å². The summed E-state index contributed by atoms with van der Waals surface area (Å²) in [6.45, 7) is 0. The van der Waals surface area contributed by atoms with Crippen molar-refractivity contribution in [3.63, 3.8) is 0 Å². The van der Waals surface area contributed by atoms with Gasteiger partial charge in [0.25, 0.3) is 0 Å². The Morgan fingerprint density at radius 3 is 2.79 bits per heavy atom. The molecule has 1 heterocycles.